The second-order valence-electron chi connectivity index (χ2n) is 3.66. The van der Waals surface area contributed by atoms with Crippen LogP contribution < -0.4 is 0 Å². The molecule has 0 N–H and O–H groups in total. The second-order valence-corrected chi connectivity index (χ2v) is 5.50. The summed E-state index contributed by atoms with van der Waals surface area (Å²) in [4.78, 5) is 24.4. The van der Waals surface area contributed by atoms with Crippen LogP contribution >= 0.6 is 35.0 Å². The molecule has 0 aromatic heterocycles. The molecule has 0 aromatic rings. The van der Waals surface area contributed by atoms with Crippen molar-refractivity contribution >= 4 is 54.9 Å². The third kappa shape index (κ3) is 2.18. The number of hydrogen-bond acceptors (Lipinski definition) is 4. The zero-order valence-electron chi connectivity index (χ0n) is 8.69. The smallest absolute Gasteiger partial charge is 0.378 e. The Bertz CT molecular complexity index is 404. The fraction of sp³-hybridized carbons (Fsp3) is 0.556. The van der Waals surface area contributed by atoms with E-state index in [9.17, 15) is 9.59 Å². The van der Waals surface area contributed by atoms with E-state index < -0.39 is 11.3 Å². The van der Waals surface area contributed by atoms with E-state index in [1.807, 2.05) is 0 Å². The van der Waals surface area contributed by atoms with Crippen LogP contribution in [0.2, 0.25) is 0 Å². The molecule has 1 saturated heterocycles. The van der Waals surface area contributed by atoms with Gasteiger partial charge in [0.25, 0.3) is 5.97 Å². The Morgan fingerprint density at radius 3 is 2.94 bits per heavy atom. The molecule has 2 atom stereocenters. The molecule has 2 radical (unpaired) electrons. The molecular weight excluding hydrogens is 284 g/mol. The summed E-state index contributed by atoms with van der Waals surface area (Å²) in [6, 6.07) is 0. The molecule has 2 aliphatic rings. The first-order chi connectivity index (χ1) is 8.10. The fourth-order valence-corrected chi connectivity index (χ4v) is 3.92. The molecule has 4 nitrogen and oxygen atoms in total. The van der Waals surface area contributed by atoms with Crippen molar-refractivity contribution in [1.82, 2.24) is 4.90 Å². The number of rotatable bonds is 3. The van der Waals surface area contributed by atoms with Crippen LogP contribution in [0.4, 0.5) is 0 Å². The number of β-lactam (4-membered cyclic amide) rings is 1. The van der Waals surface area contributed by atoms with E-state index in [4.69, 9.17) is 31.3 Å². The molecule has 1 amide bonds. The fourth-order valence-electron chi connectivity index (χ4n) is 1.82. The summed E-state index contributed by atoms with van der Waals surface area (Å²) in [7, 11) is 4.80. The van der Waals surface area contributed by atoms with Crippen molar-refractivity contribution in [2.45, 2.75) is 17.2 Å². The second kappa shape index (κ2) is 5.12. The minimum Gasteiger partial charge on any atom is -0.543 e. The van der Waals surface area contributed by atoms with E-state index >= 15 is 0 Å². The molecule has 0 bridgehead atoms. The average molecular weight is 292 g/mol. The van der Waals surface area contributed by atoms with Crippen LogP contribution in [0.15, 0.2) is 11.3 Å². The Kier molecular flexibility index (Phi) is 3.95. The predicted molar refractivity (Wildman–Crippen MR) is 66.9 cm³/mol. The van der Waals surface area contributed by atoms with Gasteiger partial charge in [0.15, 0.2) is 0 Å². The molecule has 2 aliphatic heterocycles. The summed E-state index contributed by atoms with van der Waals surface area (Å²) < 4.78 is 4.12. The highest BCUT2D eigenvalue weighted by Gasteiger charge is 2.50. The van der Waals surface area contributed by atoms with Crippen LogP contribution in [-0.2, 0) is 14.2 Å². The van der Waals surface area contributed by atoms with E-state index in [1.165, 1.54) is 4.90 Å². The number of carbonyl (C=O) groups is 2. The quantitative estimate of drug-likeness (QED) is 0.442. The molecule has 0 spiro atoms. The number of carbonyl (C=O) groups excluding carboxylic acids is 2. The number of halogens is 2. The maximum atomic E-state index is 11.7. The number of fused-ring (bicyclic) bond motifs is 1. The van der Waals surface area contributed by atoms with Crippen molar-refractivity contribution in [3.8, 4) is 0 Å². The van der Waals surface area contributed by atoms with Gasteiger partial charge in [-0.05, 0) is 5.57 Å². The molecule has 0 aliphatic carbocycles. The van der Waals surface area contributed by atoms with Crippen LogP contribution in [0.1, 0.15) is 6.42 Å². The number of thioether (sulfide) groups is 1. The van der Waals surface area contributed by atoms with Gasteiger partial charge in [0.05, 0.1) is 6.42 Å². The van der Waals surface area contributed by atoms with E-state index in [2.05, 4.69) is 4.65 Å². The highest BCUT2D eigenvalue weighted by atomic mass is 35.5. The SMILES string of the molecule is [B]OC(=O)CC1=C(CCl)CS[C@@H]2[C@H](Cl)C(=O)N12. The summed E-state index contributed by atoms with van der Waals surface area (Å²) in [6.45, 7) is 0. The molecule has 1 fully saturated rings. The molecule has 0 aromatic carbocycles. The predicted octanol–water partition coefficient (Wildman–Crippen LogP) is 1.02. The Morgan fingerprint density at radius 2 is 2.35 bits per heavy atom. The van der Waals surface area contributed by atoms with E-state index in [0.717, 1.165) is 5.57 Å². The van der Waals surface area contributed by atoms with Crippen LogP contribution in [0.25, 0.3) is 0 Å². The Hall–Kier alpha value is -0.325. The topological polar surface area (TPSA) is 46.6 Å². The van der Waals surface area contributed by atoms with Gasteiger partial charge in [0.1, 0.15) is 10.8 Å². The van der Waals surface area contributed by atoms with Gasteiger partial charge in [-0.15, -0.1) is 35.0 Å². The number of hydrogen-bond donors (Lipinski definition) is 0. The summed E-state index contributed by atoms with van der Waals surface area (Å²) in [5, 5.41) is -0.641. The molecule has 8 heteroatoms. The van der Waals surface area contributed by atoms with Gasteiger partial charge in [-0.2, -0.15) is 0 Å². The van der Waals surface area contributed by atoms with Gasteiger partial charge in [-0.1, -0.05) is 0 Å². The van der Waals surface area contributed by atoms with Crippen LogP contribution in [0.5, 0.6) is 0 Å². The first kappa shape index (κ1) is 13.1. The maximum Gasteiger partial charge on any atom is 0.378 e. The van der Waals surface area contributed by atoms with Crippen molar-refractivity contribution in [2.24, 2.45) is 0 Å². The van der Waals surface area contributed by atoms with Crippen molar-refractivity contribution in [3.05, 3.63) is 11.3 Å². The van der Waals surface area contributed by atoms with Gasteiger partial charge in [0, 0.05) is 17.3 Å². The molecule has 0 unspecified atom stereocenters. The van der Waals surface area contributed by atoms with E-state index in [-0.39, 0.29) is 23.6 Å². The largest absolute Gasteiger partial charge is 0.543 e. The standard InChI is InChI=1S/C9H8BCl2NO3S/c10-16-6(14)1-5-4(2-11)3-17-9-7(12)8(15)13(5)9/h7,9H,1-3H2/t7-,9-/m1/s1. The van der Waals surface area contributed by atoms with E-state index in [1.54, 1.807) is 11.8 Å². The number of nitrogens with zero attached hydrogens (tertiary/aromatic N) is 1. The summed E-state index contributed by atoms with van der Waals surface area (Å²) in [5.41, 5.74) is 1.43. The summed E-state index contributed by atoms with van der Waals surface area (Å²) in [5.74, 6) is 0.128. The van der Waals surface area contributed by atoms with Crippen LogP contribution in [0, 0.1) is 0 Å². The van der Waals surface area contributed by atoms with Gasteiger partial charge < -0.3 is 4.65 Å². The molecule has 0 saturated carbocycles. The van der Waals surface area contributed by atoms with Crippen molar-refractivity contribution in [3.63, 3.8) is 0 Å². The molecule has 2 heterocycles. The average Bonchev–Trinajstić information content (AvgIpc) is 2.36. The Morgan fingerprint density at radius 1 is 1.65 bits per heavy atom. The Labute approximate surface area is 114 Å². The highest BCUT2D eigenvalue weighted by molar-refractivity contribution is 8.00. The zero-order valence-corrected chi connectivity index (χ0v) is 11.0. The lowest BCUT2D eigenvalue weighted by Crippen LogP contribution is -2.61. The highest BCUT2D eigenvalue weighted by Crippen LogP contribution is 2.43. The van der Waals surface area contributed by atoms with Crippen LogP contribution in [-0.4, -0.2) is 47.2 Å². The normalized spacial score (nSPS) is 27.6. The third-order valence-electron chi connectivity index (χ3n) is 2.71. The molecule has 2 rings (SSSR count). The number of alkyl halides is 2. The molecule has 17 heavy (non-hydrogen) atoms. The van der Waals surface area contributed by atoms with Gasteiger partial charge >= 0.3 is 8.05 Å². The molecular formula is C9H8BCl2NO3S. The minimum atomic E-state index is -0.598. The number of amides is 1. The van der Waals surface area contributed by atoms with E-state index in [0.29, 0.717) is 11.4 Å². The lowest BCUT2D eigenvalue weighted by molar-refractivity contribution is -0.139. The zero-order chi connectivity index (χ0) is 12.6. The van der Waals surface area contributed by atoms with Gasteiger partial charge in [-0.25, -0.2) is 0 Å². The first-order valence-corrected chi connectivity index (χ1v) is 6.87. The first-order valence-electron chi connectivity index (χ1n) is 4.85. The summed E-state index contributed by atoms with van der Waals surface area (Å²) in [6.07, 6.45) is -0.0506. The van der Waals surface area contributed by atoms with Gasteiger partial charge in [0.2, 0.25) is 5.91 Å². The monoisotopic (exact) mass is 291 g/mol. The lowest BCUT2D eigenvalue weighted by Gasteiger charge is -2.48. The third-order valence-corrected chi connectivity index (χ3v) is 4.95. The van der Waals surface area contributed by atoms with Crippen molar-refractivity contribution < 1.29 is 14.2 Å². The van der Waals surface area contributed by atoms with Crippen molar-refractivity contribution in [2.75, 3.05) is 11.6 Å². The maximum absolute atomic E-state index is 11.7. The minimum absolute atomic E-state index is 0.0506. The molecule has 90 valence electrons. The van der Waals surface area contributed by atoms with Crippen molar-refractivity contribution in [1.29, 1.82) is 0 Å². The lowest BCUT2D eigenvalue weighted by atomic mass is 10.1. The van der Waals surface area contributed by atoms with Crippen LogP contribution in [0.3, 0.4) is 0 Å². The Balaban J connectivity index is 2.25. The van der Waals surface area contributed by atoms with Gasteiger partial charge in [-0.3, -0.25) is 14.5 Å². The summed E-state index contributed by atoms with van der Waals surface area (Å²) >= 11 is 13.2.